The van der Waals surface area contributed by atoms with Gasteiger partial charge in [0.25, 0.3) is 0 Å². The van der Waals surface area contributed by atoms with Gasteiger partial charge in [-0.2, -0.15) is 0 Å². The minimum Gasteiger partial charge on any atom is -0.325 e. The molecule has 0 fully saturated rings. The van der Waals surface area contributed by atoms with Crippen molar-refractivity contribution in [2.75, 3.05) is 0 Å². The van der Waals surface area contributed by atoms with Crippen molar-refractivity contribution in [3.63, 3.8) is 0 Å². The molecule has 0 spiro atoms. The monoisotopic (exact) mass is 220 g/mol. The minimum atomic E-state index is -0.280. The molecule has 86 valence electrons. The van der Waals surface area contributed by atoms with Crippen LogP contribution in [-0.4, -0.2) is 20.1 Å². The average molecular weight is 220 g/mol. The molecule has 3 N–H and O–H groups in total. The smallest absolute Gasteiger partial charge is 0.325 e. The number of pyridine rings is 1. The fourth-order valence-corrected chi connectivity index (χ4v) is 1.60. The molecule has 0 atom stereocenters. The van der Waals surface area contributed by atoms with Crippen molar-refractivity contribution in [3.8, 4) is 0 Å². The van der Waals surface area contributed by atoms with E-state index in [1.54, 1.807) is 16.8 Å². The third-order valence-electron chi connectivity index (χ3n) is 2.51. The van der Waals surface area contributed by atoms with Crippen molar-refractivity contribution in [1.29, 1.82) is 0 Å². The summed E-state index contributed by atoms with van der Waals surface area (Å²) in [4.78, 5) is 18.6. The second kappa shape index (κ2) is 3.75. The predicted molar refractivity (Wildman–Crippen MR) is 63.2 cm³/mol. The first-order chi connectivity index (χ1) is 7.47. The van der Waals surface area contributed by atoms with E-state index in [1.165, 1.54) is 0 Å². The lowest BCUT2D eigenvalue weighted by atomic mass is 10.0. The van der Waals surface area contributed by atoms with Gasteiger partial charge in [-0.3, -0.25) is 4.57 Å². The summed E-state index contributed by atoms with van der Waals surface area (Å²) in [5.74, 6) is 0. The number of H-pyrrole nitrogens is 1. The molecule has 0 saturated heterocycles. The molecule has 0 saturated carbocycles. The van der Waals surface area contributed by atoms with E-state index in [9.17, 15) is 4.79 Å². The summed E-state index contributed by atoms with van der Waals surface area (Å²) in [6, 6.07) is 3.64. The van der Waals surface area contributed by atoms with Gasteiger partial charge in [0, 0.05) is 18.3 Å². The van der Waals surface area contributed by atoms with E-state index >= 15 is 0 Å². The van der Waals surface area contributed by atoms with E-state index in [2.05, 4.69) is 9.97 Å². The van der Waals surface area contributed by atoms with Gasteiger partial charge < -0.3 is 10.7 Å². The van der Waals surface area contributed by atoms with E-state index in [4.69, 9.17) is 5.73 Å². The summed E-state index contributed by atoms with van der Waals surface area (Å²) >= 11 is 0. The van der Waals surface area contributed by atoms with Crippen LogP contribution in [0.1, 0.15) is 20.3 Å². The summed E-state index contributed by atoms with van der Waals surface area (Å²) < 4.78 is 1.63. The fourth-order valence-electron chi connectivity index (χ4n) is 1.60. The van der Waals surface area contributed by atoms with Gasteiger partial charge in [0.1, 0.15) is 0 Å². The average Bonchev–Trinajstić information content (AvgIpc) is 2.49. The maximum absolute atomic E-state index is 11.7. The fraction of sp³-hybridized carbons (Fsp3) is 0.455. The second-order valence-corrected chi connectivity index (χ2v) is 4.69. The molecule has 0 aliphatic heterocycles. The van der Waals surface area contributed by atoms with Crippen molar-refractivity contribution in [3.05, 3.63) is 28.8 Å². The third-order valence-corrected chi connectivity index (χ3v) is 2.51. The molecule has 0 aliphatic rings. The summed E-state index contributed by atoms with van der Waals surface area (Å²) in [6.45, 7) is 4.47. The van der Waals surface area contributed by atoms with Gasteiger partial charge in [-0.25, -0.2) is 9.78 Å². The molecule has 0 amide bonds. The molecule has 2 aromatic heterocycles. The number of hydrogen-bond acceptors (Lipinski definition) is 3. The standard InChI is InChI=1S/C11H16N4O/c1-11(2,12)5-7-15-9-8(14-10(15)16)4-3-6-13-9/h3-4,6H,5,7,12H2,1-2H3,(H,14,16). The molecular weight excluding hydrogens is 204 g/mol. The van der Waals surface area contributed by atoms with Crippen LogP contribution in [0.3, 0.4) is 0 Å². The van der Waals surface area contributed by atoms with Crippen LogP contribution in [0.25, 0.3) is 11.2 Å². The molecule has 2 heterocycles. The first kappa shape index (κ1) is 10.9. The lowest BCUT2D eigenvalue weighted by Crippen LogP contribution is -2.34. The normalized spacial score (nSPS) is 12.2. The third kappa shape index (κ3) is 2.14. The molecule has 5 heteroatoms. The van der Waals surface area contributed by atoms with Crippen molar-refractivity contribution >= 4 is 11.2 Å². The predicted octanol–water partition coefficient (Wildman–Crippen LogP) is 0.852. The Labute approximate surface area is 93.3 Å². The van der Waals surface area contributed by atoms with Gasteiger partial charge in [-0.15, -0.1) is 0 Å². The van der Waals surface area contributed by atoms with Crippen LogP contribution >= 0.6 is 0 Å². The van der Waals surface area contributed by atoms with E-state index < -0.39 is 0 Å². The number of rotatable bonds is 3. The number of nitrogens with one attached hydrogen (secondary N) is 1. The summed E-state index contributed by atoms with van der Waals surface area (Å²) in [5.41, 5.74) is 6.95. The van der Waals surface area contributed by atoms with Gasteiger partial charge in [0.05, 0.1) is 5.52 Å². The van der Waals surface area contributed by atoms with E-state index in [-0.39, 0.29) is 11.2 Å². The first-order valence-corrected chi connectivity index (χ1v) is 5.30. The van der Waals surface area contributed by atoms with E-state index in [0.717, 1.165) is 11.9 Å². The zero-order valence-corrected chi connectivity index (χ0v) is 9.53. The number of aryl methyl sites for hydroxylation is 1. The van der Waals surface area contributed by atoms with Crippen molar-refractivity contribution < 1.29 is 0 Å². The lowest BCUT2D eigenvalue weighted by molar-refractivity contribution is 0.436. The van der Waals surface area contributed by atoms with Gasteiger partial charge in [0.2, 0.25) is 0 Å². The Bertz CT molecular complexity index is 547. The van der Waals surface area contributed by atoms with Gasteiger partial charge in [-0.05, 0) is 32.4 Å². The zero-order valence-electron chi connectivity index (χ0n) is 9.53. The summed E-state index contributed by atoms with van der Waals surface area (Å²) in [7, 11) is 0. The highest BCUT2D eigenvalue weighted by atomic mass is 16.1. The molecule has 2 rings (SSSR count). The largest absolute Gasteiger partial charge is 0.327 e. The molecule has 16 heavy (non-hydrogen) atoms. The van der Waals surface area contributed by atoms with Crippen molar-refractivity contribution in [1.82, 2.24) is 14.5 Å². The van der Waals surface area contributed by atoms with Gasteiger partial charge in [-0.1, -0.05) is 0 Å². The Kier molecular flexibility index (Phi) is 2.55. The topological polar surface area (TPSA) is 76.7 Å². The molecular formula is C11H16N4O. The molecule has 0 radical (unpaired) electrons. The summed E-state index contributed by atoms with van der Waals surface area (Å²) in [6.07, 6.45) is 2.41. The van der Waals surface area contributed by atoms with Crippen LogP contribution in [0.2, 0.25) is 0 Å². The van der Waals surface area contributed by atoms with Crippen LogP contribution in [0, 0.1) is 0 Å². The first-order valence-electron chi connectivity index (χ1n) is 5.30. The number of imidazole rings is 1. The minimum absolute atomic E-state index is 0.127. The Hall–Kier alpha value is -1.62. The molecule has 2 aromatic rings. The van der Waals surface area contributed by atoms with Crippen molar-refractivity contribution in [2.45, 2.75) is 32.4 Å². The highest BCUT2D eigenvalue weighted by molar-refractivity contribution is 5.69. The maximum Gasteiger partial charge on any atom is 0.327 e. The van der Waals surface area contributed by atoms with Crippen LogP contribution < -0.4 is 11.4 Å². The molecule has 0 bridgehead atoms. The molecule has 0 aliphatic carbocycles. The Morgan fingerprint density at radius 2 is 2.31 bits per heavy atom. The highest BCUT2D eigenvalue weighted by Gasteiger charge is 2.13. The molecule has 0 aromatic carbocycles. The quantitative estimate of drug-likeness (QED) is 0.805. The van der Waals surface area contributed by atoms with E-state index in [1.807, 2.05) is 19.9 Å². The maximum atomic E-state index is 11.7. The number of aromatic nitrogens is 3. The highest BCUT2D eigenvalue weighted by Crippen LogP contribution is 2.09. The number of fused-ring (bicyclic) bond motifs is 1. The van der Waals surface area contributed by atoms with Gasteiger partial charge in [0.15, 0.2) is 5.65 Å². The Balaban J connectivity index is 2.37. The summed E-state index contributed by atoms with van der Waals surface area (Å²) in [5, 5.41) is 0. The zero-order chi connectivity index (χ0) is 11.8. The second-order valence-electron chi connectivity index (χ2n) is 4.69. The van der Waals surface area contributed by atoms with E-state index in [0.29, 0.717) is 12.2 Å². The van der Waals surface area contributed by atoms with Crippen LogP contribution in [0.4, 0.5) is 0 Å². The van der Waals surface area contributed by atoms with Gasteiger partial charge >= 0.3 is 5.69 Å². The number of hydrogen-bond donors (Lipinski definition) is 2. The van der Waals surface area contributed by atoms with Crippen LogP contribution in [-0.2, 0) is 6.54 Å². The van der Waals surface area contributed by atoms with Crippen LogP contribution in [0.5, 0.6) is 0 Å². The van der Waals surface area contributed by atoms with Crippen molar-refractivity contribution in [2.24, 2.45) is 5.73 Å². The molecule has 0 unspecified atom stereocenters. The Morgan fingerprint density at radius 3 is 3.00 bits per heavy atom. The lowest BCUT2D eigenvalue weighted by Gasteiger charge is -2.17. The molecule has 5 nitrogen and oxygen atoms in total. The Morgan fingerprint density at radius 1 is 1.56 bits per heavy atom. The number of nitrogens with two attached hydrogens (primary N) is 1. The number of aromatic amines is 1. The van der Waals surface area contributed by atoms with Crippen LogP contribution in [0.15, 0.2) is 23.1 Å². The number of nitrogens with zero attached hydrogens (tertiary/aromatic N) is 2. The SMILES string of the molecule is CC(C)(N)CCn1c(=O)[nH]c2cccnc21.